The maximum atomic E-state index is 13.7. The summed E-state index contributed by atoms with van der Waals surface area (Å²) >= 11 is 5.76. The molecule has 0 aromatic heterocycles. The Balaban J connectivity index is 0.00000417. The van der Waals surface area contributed by atoms with Crippen molar-refractivity contribution in [2.75, 3.05) is 70.8 Å². The summed E-state index contributed by atoms with van der Waals surface area (Å²) in [6, 6.07) is 19.2. The van der Waals surface area contributed by atoms with Crippen LogP contribution in [-0.4, -0.2) is 87.1 Å². The lowest BCUT2D eigenvalue weighted by atomic mass is 10.0. The first-order chi connectivity index (χ1) is 22.7. The second kappa shape index (κ2) is 21.0. The molecule has 0 saturated carbocycles. The number of hydrogen-bond donors (Lipinski definition) is 2. The van der Waals surface area contributed by atoms with Gasteiger partial charge in [-0.15, -0.1) is 24.8 Å². The Kier molecular flexibility index (Phi) is 17.9. The average Bonchev–Trinajstić information content (AvgIpc) is 3.08. The molecule has 3 N–H and O–H groups in total. The average molecular weight is 733 g/mol. The molecule has 0 unspecified atom stereocenters. The number of carbonyl (C=O) groups is 2. The number of aryl methyl sites for hydroxylation is 2. The highest BCUT2D eigenvalue weighted by atomic mass is 35.5. The monoisotopic (exact) mass is 731 g/mol. The molecule has 1 saturated heterocycles. The molecule has 1 aliphatic rings. The molecule has 3 aromatic carbocycles. The zero-order valence-electron chi connectivity index (χ0n) is 29.0. The number of benzene rings is 3. The number of anilines is 2. The fourth-order valence-electron chi connectivity index (χ4n) is 5.64. The Morgan fingerprint density at radius 2 is 1.67 bits per heavy atom. The first-order valence-corrected chi connectivity index (χ1v) is 16.9. The van der Waals surface area contributed by atoms with Crippen LogP contribution in [0.5, 0.6) is 11.5 Å². The predicted molar refractivity (Wildman–Crippen MR) is 209 cm³/mol. The molecule has 268 valence electrons. The van der Waals surface area contributed by atoms with Gasteiger partial charge in [0.05, 0.1) is 25.1 Å². The highest BCUT2D eigenvalue weighted by Gasteiger charge is 2.21. The molecular formula is C37H51Cl2N5O4S. The molecule has 0 aliphatic carbocycles. The van der Waals surface area contributed by atoms with Crippen LogP contribution in [0.1, 0.15) is 59.2 Å². The number of halogens is 2. The van der Waals surface area contributed by atoms with Gasteiger partial charge in [-0.25, -0.2) is 0 Å². The molecular weight excluding hydrogens is 681 g/mol. The lowest BCUT2D eigenvalue weighted by Gasteiger charge is -2.32. The smallest absolute Gasteiger partial charge is 0.258 e. The molecule has 0 bridgehead atoms. The van der Waals surface area contributed by atoms with E-state index in [1.165, 1.54) is 0 Å². The molecule has 0 radical (unpaired) electrons. The van der Waals surface area contributed by atoms with Crippen molar-refractivity contribution in [2.24, 2.45) is 5.73 Å². The van der Waals surface area contributed by atoms with E-state index in [0.717, 1.165) is 75.0 Å². The van der Waals surface area contributed by atoms with Gasteiger partial charge >= 0.3 is 0 Å². The number of hydrogen-bond acceptors (Lipinski definition) is 7. The van der Waals surface area contributed by atoms with Gasteiger partial charge in [-0.2, -0.15) is 0 Å². The second-order valence-electron chi connectivity index (χ2n) is 12.1. The summed E-state index contributed by atoms with van der Waals surface area (Å²) in [5.74, 6) is 1.21. The van der Waals surface area contributed by atoms with E-state index in [9.17, 15) is 9.59 Å². The molecule has 4 rings (SSSR count). The Labute approximate surface area is 309 Å². The number of methoxy groups -OCH3 is 1. The van der Waals surface area contributed by atoms with Crippen molar-refractivity contribution in [1.82, 2.24) is 9.80 Å². The third-order valence-corrected chi connectivity index (χ3v) is 8.86. The van der Waals surface area contributed by atoms with Crippen LogP contribution in [0, 0.1) is 6.92 Å². The van der Waals surface area contributed by atoms with Gasteiger partial charge in [0.25, 0.3) is 5.91 Å². The van der Waals surface area contributed by atoms with Gasteiger partial charge in [0.15, 0.2) is 0 Å². The van der Waals surface area contributed by atoms with Crippen LogP contribution in [0.15, 0.2) is 60.7 Å². The third kappa shape index (κ3) is 11.9. The van der Waals surface area contributed by atoms with Crippen LogP contribution < -0.4 is 25.4 Å². The van der Waals surface area contributed by atoms with Gasteiger partial charge in [-0.3, -0.25) is 9.59 Å². The summed E-state index contributed by atoms with van der Waals surface area (Å²) in [7, 11) is 5.41. The zero-order chi connectivity index (χ0) is 33.8. The van der Waals surface area contributed by atoms with Crippen molar-refractivity contribution in [2.45, 2.75) is 45.4 Å². The van der Waals surface area contributed by atoms with E-state index in [4.69, 9.17) is 27.4 Å². The van der Waals surface area contributed by atoms with Crippen molar-refractivity contribution in [3.05, 3.63) is 82.9 Å². The van der Waals surface area contributed by atoms with Crippen LogP contribution in [0.2, 0.25) is 0 Å². The van der Waals surface area contributed by atoms with Crippen molar-refractivity contribution >= 4 is 65.2 Å². The number of nitrogens with two attached hydrogens (primary N) is 1. The number of unbranched alkanes of at least 4 members (excludes halogenated alkanes) is 2. The maximum Gasteiger partial charge on any atom is 0.258 e. The molecule has 0 atom stereocenters. The summed E-state index contributed by atoms with van der Waals surface area (Å²) < 4.78 is 11.9. The third-order valence-electron chi connectivity index (χ3n) is 8.54. The number of nitrogens with one attached hydrogen (secondary N) is 1. The van der Waals surface area contributed by atoms with Crippen molar-refractivity contribution in [3.8, 4) is 11.5 Å². The number of likely N-dealkylation sites (N-methyl/N-ethyl adjacent to an activating group) is 1. The highest BCUT2D eigenvalue weighted by molar-refractivity contribution is 7.81. The van der Waals surface area contributed by atoms with Gasteiger partial charge < -0.3 is 35.2 Å². The SMILES string of the molecule is COc1cc(C(=O)N(C)c2ccc(C)cc2OCCCCCC(=O)N2CCN(C)CC2)ccc1NC(=S)c1ccccc1CCCN.Cl.Cl. The minimum atomic E-state index is -0.194. The van der Waals surface area contributed by atoms with Gasteiger partial charge in [0.2, 0.25) is 5.91 Å². The number of ether oxygens (including phenoxy) is 2. The fraction of sp³-hybridized carbons (Fsp3) is 0.432. The van der Waals surface area contributed by atoms with Gasteiger partial charge in [0.1, 0.15) is 16.5 Å². The van der Waals surface area contributed by atoms with Crippen molar-refractivity contribution < 1.29 is 19.1 Å². The van der Waals surface area contributed by atoms with E-state index >= 15 is 0 Å². The number of nitrogens with zero attached hydrogens (tertiary/aromatic N) is 3. The summed E-state index contributed by atoms with van der Waals surface area (Å²) in [6.07, 6.45) is 4.85. The van der Waals surface area contributed by atoms with Crippen molar-refractivity contribution in [1.29, 1.82) is 0 Å². The maximum absolute atomic E-state index is 13.7. The van der Waals surface area contributed by atoms with Crippen LogP contribution in [0.3, 0.4) is 0 Å². The topological polar surface area (TPSA) is 100 Å². The molecule has 0 spiro atoms. The molecule has 49 heavy (non-hydrogen) atoms. The first-order valence-electron chi connectivity index (χ1n) is 16.5. The number of rotatable bonds is 15. The second-order valence-corrected chi connectivity index (χ2v) is 12.5. The summed E-state index contributed by atoms with van der Waals surface area (Å²) in [5.41, 5.74) is 10.7. The van der Waals surface area contributed by atoms with Crippen LogP contribution >= 0.6 is 37.0 Å². The van der Waals surface area contributed by atoms with Crippen LogP contribution in [0.25, 0.3) is 0 Å². The molecule has 1 heterocycles. The fourth-order valence-corrected chi connectivity index (χ4v) is 5.95. The Morgan fingerprint density at radius 3 is 2.39 bits per heavy atom. The summed E-state index contributed by atoms with van der Waals surface area (Å²) in [5, 5.41) is 3.31. The molecule has 1 fully saturated rings. The minimum Gasteiger partial charge on any atom is -0.495 e. The molecule has 9 nitrogen and oxygen atoms in total. The normalized spacial score (nSPS) is 12.7. The standard InChI is InChI=1S/C37H49N5O4S.2ClH/c1-27-15-18-32(34(25-27)46-24-9-5-6-14-35(43)42-22-20-40(2)21-23-42)41(3)37(44)29-16-17-31(33(26-29)45-4)39-36(47)30-13-8-7-11-28(30)12-10-19-38;;/h7-8,11,13,15-18,25-26H,5-6,9-10,12,14,19-24,38H2,1-4H3,(H,39,47);2*1H. The first kappa shape index (κ1) is 41.8. The highest BCUT2D eigenvalue weighted by Crippen LogP contribution is 2.32. The molecule has 1 aliphatic heterocycles. The summed E-state index contributed by atoms with van der Waals surface area (Å²) in [6.45, 7) is 6.62. The Hall–Kier alpha value is -3.41. The minimum absolute atomic E-state index is 0. The molecule has 12 heteroatoms. The van der Waals surface area contributed by atoms with E-state index in [0.29, 0.717) is 53.0 Å². The van der Waals surface area contributed by atoms with Crippen LogP contribution in [-0.2, 0) is 11.2 Å². The largest absolute Gasteiger partial charge is 0.495 e. The quantitative estimate of drug-likeness (QED) is 0.135. The number of thiocarbonyl (C=S) groups is 1. The lowest BCUT2D eigenvalue weighted by Crippen LogP contribution is -2.47. The molecule has 2 amide bonds. The van der Waals surface area contributed by atoms with Gasteiger partial charge in [-0.1, -0.05) is 42.5 Å². The van der Waals surface area contributed by atoms with E-state index in [1.54, 1.807) is 31.2 Å². The van der Waals surface area contributed by atoms with Crippen molar-refractivity contribution in [3.63, 3.8) is 0 Å². The van der Waals surface area contributed by atoms with Gasteiger partial charge in [0, 0.05) is 50.8 Å². The summed E-state index contributed by atoms with van der Waals surface area (Å²) in [4.78, 5) is 32.6. The Morgan fingerprint density at radius 1 is 0.939 bits per heavy atom. The predicted octanol–water partition coefficient (Wildman–Crippen LogP) is 6.52. The van der Waals surface area contributed by atoms with E-state index in [-0.39, 0.29) is 36.6 Å². The number of carbonyl (C=O) groups excluding carboxylic acids is 2. The zero-order valence-corrected chi connectivity index (χ0v) is 31.5. The van der Waals surface area contributed by atoms with E-state index < -0.39 is 0 Å². The van der Waals surface area contributed by atoms with Crippen LogP contribution in [0.4, 0.5) is 11.4 Å². The molecule has 3 aromatic rings. The number of piperazine rings is 1. The van der Waals surface area contributed by atoms with E-state index in [1.807, 2.05) is 54.3 Å². The Bertz CT molecular complexity index is 1530. The van der Waals surface area contributed by atoms with Gasteiger partial charge in [-0.05, 0) is 94.1 Å². The number of amides is 2. The lowest BCUT2D eigenvalue weighted by molar-refractivity contribution is -0.132. The van der Waals surface area contributed by atoms with E-state index in [2.05, 4.69) is 23.3 Å².